The molecule has 3 amide bonds. The molecule has 1 saturated heterocycles. The van der Waals surface area contributed by atoms with E-state index in [9.17, 15) is 9.59 Å². The first-order valence-corrected chi connectivity index (χ1v) is 8.70. The summed E-state index contributed by atoms with van der Waals surface area (Å²) in [5, 5.41) is 5.07. The molecule has 1 aromatic heterocycles. The van der Waals surface area contributed by atoms with Crippen LogP contribution in [0.25, 0.3) is 0 Å². The largest absolute Gasteiger partial charge is 0.354 e. The maximum atomic E-state index is 12.0. The summed E-state index contributed by atoms with van der Waals surface area (Å²) in [4.78, 5) is 32.5. The molecule has 7 nitrogen and oxygen atoms in total. The lowest BCUT2D eigenvalue weighted by Crippen LogP contribution is -2.51. The number of rotatable bonds is 5. The normalized spacial score (nSPS) is 14.7. The molecule has 0 spiro atoms. The Hall–Kier alpha value is -2.93. The lowest BCUT2D eigenvalue weighted by atomic mass is 10.2. The van der Waals surface area contributed by atoms with E-state index in [1.54, 1.807) is 6.20 Å². The van der Waals surface area contributed by atoms with Crippen molar-refractivity contribution in [2.24, 2.45) is 0 Å². The number of piperazine rings is 1. The van der Waals surface area contributed by atoms with Crippen LogP contribution >= 0.6 is 0 Å². The summed E-state index contributed by atoms with van der Waals surface area (Å²) in [7, 11) is 0. The van der Waals surface area contributed by atoms with Gasteiger partial charge in [0.1, 0.15) is 5.82 Å². The fourth-order valence-corrected chi connectivity index (χ4v) is 2.87. The van der Waals surface area contributed by atoms with Crippen LogP contribution in [0.2, 0.25) is 0 Å². The Morgan fingerprint density at radius 3 is 2.38 bits per heavy atom. The number of pyridine rings is 1. The molecule has 1 fully saturated rings. The van der Waals surface area contributed by atoms with Crippen LogP contribution in [0.3, 0.4) is 0 Å². The molecule has 1 aliphatic rings. The minimum absolute atomic E-state index is 0.217. The van der Waals surface area contributed by atoms with E-state index >= 15 is 0 Å². The lowest BCUT2D eigenvalue weighted by molar-refractivity contribution is -0.121. The topological polar surface area (TPSA) is 77.6 Å². The molecule has 3 rings (SSSR count). The first-order chi connectivity index (χ1) is 12.7. The van der Waals surface area contributed by atoms with Crippen molar-refractivity contribution in [3.05, 3.63) is 60.3 Å². The van der Waals surface area contributed by atoms with Crippen LogP contribution < -0.4 is 15.5 Å². The van der Waals surface area contributed by atoms with E-state index in [0.29, 0.717) is 6.54 Å². The summed E-state index contributed by atoms with van der Waals surface area (Å²) >= 11 is 0. The molecule has 0 aliphatic carbocycles. The van der Waals surface area contributed by atoms with E-state index < -0.39 is 6.03 Å². The summed E-state index contributed by atoms with van der Waals surface area (Å²) in [6.45, 7) is 3.75. The van der Waals surface area contributed by atoms with Crippen molar-refractivity contribution >= 4 is 17.8 Å². The average molecular weight is 353 g/mol. The van der Waals surface area contributed by atoms with Gasteiger partial charge in [-0.2, -0.15) is 0 Å². The van der Waals surface area contributed by atoms with Crippen molar-refractivity contribution in [1.82, 2.24) is 20.5 Å². The van der Waals surface area contributed by atoms with Crippen LogP contribution in [0.5, 0.6) is 0 Å². The van der Waals surface area contributed by atoms with E-state index in [1.165, 1.54) is 0 Å². The van der Waals surface area contributed by atoms with Gasteiger partial charge in [-0.1, -0.05) is 36.4 Å². The van der Waals surface area contributed by atoms with Crippen molar-refractivity contribution < 1.29 is 9.59 Å². The minimum Gasteiger partial charge on any atom is -0.354 e. The maximum absolute atomic E-state index is 12.0. The van der Waals surface area contributed by atoms with E-state index in [-0.39, 0.29) is 12.5 Å². The zero-order valence-electron chi connectivity index (χ0n) is 14.6. The molecule has 1 aliphatic heterocycles. The molecule has 0 radical (unpaired) electrons. The number of carbonyl (C=O) groups is 2. The number of nitrogens with zero attached hydrogens (tertiary/aromatic N) is 3. The van der Waals surface area contributed by atoms with E-state index in [0.717, 1.165) is 37.6 Å². The van der Waals surface area contributed by atoms with E-state index in [4.69, 9.17) is 0 Å². The van der Waals surface area contributed by atoms with Gasteiger partial charge in [-0.25, -0.2) is 9.78 Å². The number of imide groups is 1. The monoisotopic (exact) mass is 353 g/mol. The van der Waals surface area contributed by atoms with E-state index in [1.807, 2.05) is 53.4 Å². The van der Waals surface area contributed by atoms with Crippen molar-refractivity contribution in [2.45, 2.75) is 6.54 Å². The van der Waals surface area contributed by atoms with Crippen molar-refractivity contribution in [3.63, 3.8) is 0 Å². The summed E-state index contributed by atoms with van der Waals surface area (Å²) in [6, 6.07) is 15.0. The summed E-state index contributed by atoms with van der Waals surface area (Å²) < 4.78 is 0. The number of hydrogen-bond donors (Lipinski definition) is 2. The van der Waals surface area contributed by atoms with Crippen LogP contribution in [0.4, 0.5) is 10.6 Å². The molecule has 0 atom stereocenters. The number of benzene rings is 1. The Balaban J connectivity index is 1.37. The number of amides is 3. The number of urea groups is 1. The van der Waals surface area contributed by atoms with Crippen LogP contribution in [0.1, 0.15) is 5.56 Å². The molecule has 1 aromatic carbocycles. The molecule has 0 saturated carbocycles. The third-order valence-electron chi connectivity index (χ3n) is 4.26. The zero-order chi connectivity index (χ0) is 18.2. The quantitative estimate of drug-likeness (QED) is 0.845. The van der Waals surface area contributed by atoms with Gasteiger partial charge in [0, 0.05) is 38.9 Å². The first kappa shape index (κ1) is 17.9. The smallest absolute Gasteiger partial charge is 0.321 e. The predicted octanol–water partition coefficient (Wildman–Crippen LogP) is 1.23. The molecule has 0 bridgehead atoms. The molecule has 136 valence electrons. The third kappa shape index (κ3) is 5.29. The van der Waals surface area contributed by atoms with Crippen LogP contribution in [-0.2, 0) is 11.3 Å². The minimum atomic E-state index is -0.467. The fraction of sp³-hybridized carbons (Fsp3) is 0.316. The Morgan fingerprint density at radius 2 is 1.69 bits per heavy atom. The van der Waals surface area contributed by atoms with Crippen LogP contribution in [-0.4, -0.2) is 54.5 Å². The number of hydrogen-bond acceptors (Lipinski definition) is 5. The molecule has 2 aromatic rings. The number of aromatic nitrogens is 1. The number of carbonyl (C=O) groups excluding carboxylic acids is 2. The van der Waals surface area contributed by atoms with Gasteiger partial charge in [-0.3, -0.25) is 15.0 Å². The van der Waals surface area contributed by atoms with Gasteiger partial charge in [0.2, 0.25) is 5.91 Å². The van der Waals surface area contributed by atoms with Gasteiger partial charge in [-0.05, 0) is 17.7 Å². The zero-order valence-corrected chi connectivity index (χ0v) is 14.6. The Bertz CT molecular complexity index is 715. The van der Waals surface area contributed by atoms with Gasteiger partial charge >= 0.3 is 6.03 Å². The van der Waals surface area contributed by atoms with Crippen molar-refractivity contribution in [1.29, 1.82) is 0 Å². The Kier molecular flexibility index (Phi) is 6.16. The third-order valence-corrected chi connectivity index (χ3v) is 4.26. The summed E-state index contributed by atoms with van der Waals surface area (Å²) in [6.07, 6.45) is 1.78. The number of anilines is 1. The highest BCUT2D eigenvalue weighted by atomic mass is 16.2. The lowest BCUT2D eigenvalue weighted by Gasteiger charge is -2.34. The number of nitrogens with one attached hydrogen (secondary N) is 2. The van der Waals surface area contributed by atoms with Crippen molar-refractivity contribution in [2.75, 3.05) is 37.6 Å². The highest BCUT2D eigenvalue weighted by molar-refractivity contribution is 5.95. The first-order valence-electron chi connectivity index (χ1n) is 8.70. The Morgan fingerprint density at radius 1 is 0.962 bits per heavy atom. The average Bonchev–Trinajstić information content (AvgIpc) is 2.68. The maximum Gasteiger partial charge on any atom is 0.321 e. The van der Waals surface area contributed by atoms with E-state index in [2.05, 4.69) is 20.5 Å². The molecular formula is C19H23N5O2. The molecule has 26 heavy (non-hydrogen) atoms. The highest BCUT2D eigenvalue weighted by Crippen LogP contribution is 2.12. The Labute approximate surface area is 153 Å². The second kappa shape index (κ2) is 8.96. The van der Waals surface area contributed by atoms with Gasteiger partial charge in [0.25, 0.3) is 0 Å². The van der Waals surface area contributed by atoms with Gasteiger partial charge in [0.15, 0.2) is 0 Å². The molecule has 2 N–H and O–H groups in total. The molecule has 7 heteroatoms. The summed E-state index contributed by atoms with van der Waals surface area (Å²) in [5.41, 5.74) is 0.987. The molecular weight excluding hydrogens is 330 g/mol. The molecule has 2 heterocycles. The SMILES string of the molecule is O=C(CN1CCN(c2ccccn2)CC1)NC(=O)NCc1ccccc1. The second-order valence-corrected chi connectivity index (χ2v) is 6.17. The predicted molar refractivity (Wildman–Crippen MR) is 99.7 cm³/mol. The van der Waals surface area contributed by atoms with Gasteiger partial charge in [0.05, 0.1) is 6.54 Å². The molecule has 0 unspecified atom stereocenters. The van der Waals surface area contributed by atoms with Crippen LogP contribution in [0, 0.1) is 0 Å². The highest BCUT2D eigenvalue weighted by Gasteiger charge is 2.20. The van der Waals surface area contributed by atoms with Gasteiger partial charge < -0.3 is 10.2 Å². The standard InChI is InChI=1S/C19H23N5O2/c25-18(22-19(26)21-14-16-6-2-1-3-7-16)15-23-10-12-24(13-11-23)17-8-4-5-9-20-17/h1-9H,10-15H2,(H2,21,22,25,26). The van der Waals surface area contributed by atoms with Crippen molar-refractivity contribution in [3.8, 4) is 0 Å². The van der Waals surface area contributed by atoms with Crippen LogP contribution in [0.15, 0.2) is 54.7 Å². The second-order valence-electron chi connectivity index (χ2n) is 6.17. The fourth-order valence-electron chi connectivity index (χ4n) is 2.87. The summed E-state index contributed by atoms with van der Waals surface area (Å²) in [5.74, 6) is 0.665. The van der Waals surface area contributed by atoms with Gasteiger partial charge in [-0.15, -0.1) is 0 Å².